The zero-order valence-corrected chi connectivity index (χ0v) is 33.1. The first-order chi connectivity index (χ1) is 24.6. The van der Waals surface area contributed by atoms with E-state index >= 15 is 14.4 Å². The number of carbonyl (C=O) groups is 4. The summed E-state index contributed by atoms with van der Waals surface area (Å²) >= 11 is 0. The summed E-state index contributed by atoms with van der Waals surface area (Å²) in [5.74, 6) is -4.27. The zero-order valence-electron chi connectivity index (χ0n) is 33.1. The van der Waals surface area contributed by atoms with E-state index in [1.54, 1.807) is 19.9 Å². The first-order valence-corrected chi connectivity index (χ1v) is 18.2. The van der Waals surface area contributed by atoms with E-state index in [4.69, 9.17) is 4.74 Å². The van der Waals surface area contributed by atoms with Gasteiger partial charge in [0, 0.05) is 17.2 Å². The molecular formula is C42H56N2O9-2. The molecule has 53 heavy (non-hydrogen) atoms. The van der Waals surface area contributed by atoms with Crippen LogP contribution in [-0.2, 0) is 19.1 Å². The third kappa shape index (κ3) is 8.49. The van der Waals surface area contributed by atoms with Gasteiger partial charge in [-0.25, -0.2) is 4.79 Å². The molecule has 2 aliphatic carbocycles. The van der Waals surface area contributed by atoms with Gasteiger partial charge in [-0.15, -0.1) is 5.23 Å². The average molecular weight is 733 g/mol. The summed E-state index contributed by atoms with van der Waals surface area (Å²) in [4.78, 5) is 60.7. The summed E-state index contributed by atoms with van der Waals surface area (Å²) < 4.78 is 6.26. The lowest BCUT2D eigenvalue weighted by Gasteiger charge is -2.61. The highest BCUT2D eigenvalue weighted by Gasteiger charge is 2.76. The number of carbonyl (C=O) groups excluding carboxylic acids is 4. The van der Waals surface area contributed by atoms with E-state index in [0.29, 0.717) is 19.3 Å². The Bertz CT molecular complexity index is 1740. The summed E-state index contributed by atoms with van der Waals surface area (Å²) in [7, 11) is 0. The van der Waals surface area contributed by atoms with Gasteiger partial charge >= 0.3 is 5.97 Å². The smallest absolute Gasteiger partial charge is 0.343 e. The van der Waals surface area contributed by atoms with Gasteiger partial charge in [0.05, 0.1) is 16.7 Å². The van der Waals surface area contributed by atoms with Crippen molar-refractivity contribution in [2.45, 2.75) is 115 Å². The van der Waals surface area contributed by atoms with E-state index in [0.717, 1.165) is 40.5 Å². The van der Waals surface area contributed by atoms with Gasteiger partial charge in [-0.05, 0) is 123 Å². The number of fused-ring (bicyclic) bond motifs is 2. The maximum atomic E-state index is 15.8. The molecule has 0 spiro atoms. The third-order valence-electron chi connectivity index (χ3n) is 10.7. The Morgan fingerprint density at radius 2 is 1.45 bits per heavy atom. The number of hydrogen-bond acceptors (Lipinski definition) is 11. The van der Waals surface area contributed by atoms with Crippen LogP contribution in [0.4, 0.5) is 11.4 Å². The second-order valence-corrected chi connectivity index (χ2v) is 16.1. The molecule has 2 N–H and O–H groups in total. The van der Waals surface area contributed by atoms with E-state index in [-0.39, 0.29) is 35.8 Å². The number of rotatable bonds is 15. The SMILES string of the molecule is CC(C)=CCC[C@@]1(C)[C@H](CC=C(C)C)C[C@@]2(CC=C(C)C)C(=O)C(CC=C(C)C)=C(OC(=O)c3cc(N([O-])[O-])cc(N(O)O)c3)[C@]1(C(=O)C(C)C)C2=O. The molecule has 11 heteroatoms. The van der Waals surface area contributed by atoms with Crippen LogP contribution < -0.4 is 10.5 Å². The van der Waals surface area contributed by atoms with Gasteiger partial charge in [-0.1, -0.05) is 67.4 Å². The lowest BCUT2D eigenvalue weighted by atomic mass is 9.38. The molecule has 0 amide bonds. The molecule has 1 aromatic carbocycles. The highest BCUT2D eigenvalue weighted by molar-refractivity contribution is 6.28. The van der Waals surface area contributed by atoms with Crippen molar-refractivity contribution in [1.29, 1.82) is 0 Å². The van der Waals surface area contributed by atoms with Crippen LogP contribution in [0.1, 0.15) is 125 Å². The second-order valence-electron chi connectivity index (χ2n) is 16.1. The normalized spacial score (nSPS) is 23.7. The third-order valence-corrected chi connectivity index (χ3v) is 10.7. The Morgan fingerprint density at radius 1 is 0.887 bits per heavy atom. The van der Waals surface area contributed by atoms with Crippen molar-refractivity contribution >= 4 is 34.7 Å². The van der Waals surface area contributed by atoms with Gasteiger partial charge in [0.15, 0.2) is 22.8 Å². The number of ketones is 3. The van der Waals surface area contributed by atoms with Crippen molar-refractivity contribution in [3.05, 3.63) is 92.1 Å². The lowest BCUT2D eigenvalue weighted by Crippen LogP contribution is -2.70. The van der Waals surface area contributed by atoms with Gasteiger partial charge in [-0.2, -0.15) is 0 Å². The minimum absolute atomic E-state index is 0.0287. The first kappa shape index (κ1) is 43.2. The predicted molar refractivity (Wildman–Crippen MR) is 206 cm³/mol. The predicted octanol–water partition coefficient (Wildman–Crippen LogP) is 9.68. The van der Waals surface area contributed by atoms with Crippen LogP contribution in [0.15, 0.2) is 76.1 Å². The maximum Gasteiger partial charge on any atom is 0.343 e. The van der Waals surface area contributed by atoms with E-state index < -0.39 is 73.6 Å². The number of allylic oxidation sites excluding steroid dienone is 10. The van der Waals surface area contributed by atoms with Gasteiger partial charge in [0.25, 0.3) is 0 Å². The second kappa shape index (κ2) is 16.9. The summed E-state index contributed by atoms with van der Waals surface area (Å²) in [6.45, 7) is 20.6. The molecule has 0 saturated heterocycles. The topological polar surface area (TPSA) is 171 Å². The Labute approximate surface area is 313 Å². The molecule has 0 heterocycles. The number of Topliss-reactive ketones (excluding diaryl/α,β-unsaturated/α-hetero) is 3. The number of hydrogen-bond donors (Lipinski definition) is 2. The molecule has 3 rings (SSSR count). The summed E-state index contributed by atoms with van der Waals surface area (Å²) in [5.41, 5.74) is -2.66. The minimum atomic E-state index is -2.11. The molecule has 1 saturated carbocycles. The molecule has 0 radical (unpaired) electrons. The summed E-state index contributed by atoms with van der Waals surface area (Å²) in [6.07, 6.45) is 9.27. The van der Waals surface area contributed by atoms with E-state index in [1.165, 1.54) is 0 Å². The van der Waals surface area contributed by atoms with E-state index in [2.05, 4.69) is 6.08 Å². The van der Waals surface area contributed by atoms with Crippen molar-refractivity contribution in [2.75, 3.05) is 10.5 Å². The minimum Gasteiger partial charge on any atom is -0.769 e. The van der Waals surface area contributed by atoms with Crippen LogP contribution in [0, 0.1) is 38.5 Å². The molecule has 290 valence electrons. The number of nitrogens with zero attached hydrogens (tertiary/aromatic N) is 2. The number of esters is 1. The lowest BCUT2D eigenvalue weighted by molar-refractivity contribution is -0.178. The summed E-state index contributed by atoms with van der Waals surface area (Å²) in [6, 6.07) is 2.72. The molecule has 2 aliphatic rings. The van der Waals surface area contributed by atoms with Gasteiger partial charge in [-0.3, -0.25) is 24.8 Å². The average Bonchev–Trinajstić information content (AvgIpc) is 3.06. The van der Waals surface area contributed by atoms with Crippen LogP contribution in [0.3, 0.4) is 0 Å². The molecule has 0 aliphatic heterocycles. The Hall–Kier alpha value is -4.16. The first-order valence-electron chi connectivity index (χ1n) is 18.2. The molecule has 0 aromatic heterocycles. The van der Waals surface area contributed by atoms with Gasteiger partial charge in [0.2, 0.25) is 0 Å². The van der Waals surface area contributed by atoms with Gasteiger partial charge < -0.3 is 20.4 Å². The van der Waals surface area contributed by atoms with Crippen molar-refractivity contribution in [1.82, 2.24) is 0 Å². The Morgan fingerprint density at radius 3 is 1.96 bits per heavy atom. The zero-order chi connectivity index (χ0) is 40.2. The number of benzene rings is 1. The quantitative estimate of drug-likeness (QED) is 0.0761. The molecule has 11 nitrogen and oxygen atoms in total. The fourth-order valence-corrected chi connectivity index (χ4v) is 7.91. The number of ether oxygens (including phenoxy) is 1. The number of anilines is 2. The van der Waals surface area contributed by atoms with Gasteiger partial charge in [0.1, 0.15) is 5.76 Å². The molecular weight excluding hydrogens is 676 g/mol. The van der Waals surface area contributed by atoms with Crippen molar-refractivity contribution < 1.29 is 34.3 Å². The van der Waals surface area contributed by atoms with Crippen LogP contribution in [-0.4, -0.2) is 33.7 Å². The standard InChI is InChI=1S/C42H56N2O9/c1-25(2)13-12-19-40(11)31(16-14-26(3)4)24-41(20-18-28(7)8)36(46)34(17-15-27(5)6)37(42(40,39(41)48)35(45)29(9)10)53-38(47)30-21-32(43(49)50)23-33(22-30)44(51)52/h13-15,18,21-23,29,31,49-50H,12,16-17,19-20,24H2,1-11H3/q-2/t31-,40+,41+,42-/m1/s1. The Balaban J connectivity index is 2.63. The van der Waals surface area contributed by atoms with Crippen LogP contribution >= 0.6 is 0 Å². The van der Waals surface area contributed by atoms with E-state index in [9.17, 15) is 25.6 Å². The highest BCUT2D eigenvalue weighted by atomic mass is 16.8. The maximum absolute atomic E-state index is 15.8. The largest absolute Gasteiger partial charge is 0.769 e. The monoisotopic (exact) mass is 732 g/mol. The van der Waals surface area contributed by atoms with Crippen molar-refractivity contribution in [2.24, 2.45) is 28.1 Å². The summed E-state index contributed by atoms with van der Waals surface area (Å²) in [5, 5.41) is 42.0. The molecule has 1 fully saturated rings. The molecule has 1 aromatic rings. The fraction of sp³-hybridized carbons (Fsp3) is 0.524. The molecule has 4 atom stereocenters. The molecule has 2 bridgehead atoms. The Kier molecular flexibility index (Phi) is 13.8. The fourth-order valence-electron chi connectivity index (χ4n) is 7.91. The van der Waals surface area contributed by atoms with Crippen molar-refractivity contribution in [3.63, 3.8) is 0 Å². The molecule has 0 unspecified atom stereocenters. The van der Waals surface area contributed by atoms with Crippen molar-refractivity contribution in [3.8, 4) is 0 Å². The van der Waals surface area contributed by atoms with E-state index in [1.807, 2.05) is 74.5 Å². The van der Waals surface area contributed by atoms with Crippen LogP contribution in [0.25, 0.3) is 0 Å². The van der Waals surface area contributed by atoms with Crippen LogP contribution in [0.5, 0.6) is 0 Å². The highest BCUT2D eigenvalue weighted by Crippen LogP contribution is 2.68. The van der Waals surface area contributed by atoms with Crippen LogP contribution in [0.2, 0.25) is 0 Å².